The number of hydrogen-bond acceptors (Lipinski definition) is 3. The normalized spacial score (nSPS) is 15.4. The summed E-state index contributed by atoms with van der Waals surface area (Å²) in [4.78, 5) is 22.9. The number of benzene rings is 1. The zero-order valence-electron chi connectivity index (χ0n) is 11.3. The van der Waals surface area contributed by atoms with Gasteiger partial charge in [0.15, 0.2) is 0 Å². The number of amides is 1. The Morgan fingerprint density at radius 1 is 1.29 bits per heavy atom. The average Bonchev–Trinajstić information content (AvgIpc) is 3.10. The van der Waals surface area contributed by atoms with Crippen molar-refractivity contribution < 1.29 is 14.7 Å². The van der Waals surface area contributed by atoms with Crippen LogP contribution in [0.15, 0.2) is 42.7 Å². The molecule has 1 aromatic heterocycles. The van der Waals surface area contributed by atoms with Gasteiger partial charge >= 0.3 is 5.97 Å². The molecule has 2 N–H and O–H groups in total. The average molecular weight is 285 g/mol. The van der Waals surface area contributed by atoms with Crippen LogP contribution in [0.1, 0.15) is 18.4 Å². The molecule has 0 atom stereocenters. The van der Waals surface area contributed by atoms with Crippen LogP contribution in [0, 0.1) is 0 Å². The van der Waals surface area contributed by atoms with Gasteiger partial charge in [0.25, 0.3) is 0 Å². The fourth-order valence-corrected chi connectivity index (χ4v) is 2.19. The first kappa shape index (κ1) is 13.4. The molecule has 0 unspecified atom stereocenters. The number of carbonyl (C=O) groups excluding carboxylic acids is 1. The molecule has 0 radical (unpaired) electrons. The van der Waals surface area contributed by atoms with E-state index in [1.807, 2.05) is 30.3 Å². The van der Waals surface area contributed by atoms with Gasteiger partial charge in [0, 0.05) is 6.20 Å². The maximum atomic E-state index is 11.9. The number of aromatic nitrogens is 2. The van der Waals surface area contributed by atoms with Gasteiger partial charge in [-0.15, -0.1) is 0 Å². The third-order valence-corrected chi connectivity index (χ3v) is 3.56. The molecule has 1 aliphatic carbocycles. The van der Waals surface area contributed by atoms with E-state index in [9.17, 15) is 9.59 Å². The third kappa shape index (κ3) is 2.79. The molecule has 0 bridgehead atoms. The molecular weight excluding hydrogens is 270 g/mol. The fraction of sp³-hybridized carbons (Fsp3) is 0.267. The molecule has 21 heavy (non-hydrogen) atoms. The van der Waals surface area contributed by atoms with Gasteiger partial charge in [0.05, 0.1) is 18.3 Å². The van der Waals surface area contributed by atoms with Gasteiger partial charge in [0.2, 0.25) is 5.91 Å². The summed E-state index contributed by atoms with van der Waals surface area (Å²) >= 11 is 0. The highest BCUT2D eigenvalue weighted by atomic mass is 16.4. The Balaban J connectivity index is 1.65. The second-order valence-corrected chi connectivity index (χ2v) is 5.24. The molecule has 1 saturated carbocycles. The highest BCUT2D eigenvalue weighted by molar-refractivity contribution is 5.90. The highest BCUT2D eigenvalue weighted by Gasteiger charge is 2.51. The van der Waals surface area contributed by atoms with E-state index in [1.165, 1.54) is 0 Å². The monoisotopic (exact) mass is 285 g/mol. The lowest BCUT2D eigenvalue weighted by Gasteiger charge is -2.11. The second-order valence-electron chi connectivity index (χ2n) is 5.24. The van der Waals surface area contributed by atoms with Crippen molar-refractivity contribution in [3.63, 3.8) is 0 Å². The molecule has 1 aromatic carbocycles. The number of carboxylic acid groups (broad SMARTS) is 1. The van der Waals surface area contributed by atoms with E-state index in [0.29, 0.717) is 12.8 Å². The summed E-state index contributed by atoms with van der Waals surface area (Å²) < 4.78 is 1.69. The largest absolute Gasteiger partial charge is 0.480 e. The summed E-state index contributed by atoms with van der Waals surface area (Å²) in [6, 6.07) is 9.57. The Morgan fingerprint density at radius 2 is 2.00 bits per heavy atom. The summed E-state index contributed by atoms with van der Waals surface area (Å²) in [7, 11) is 0. The van der Waals surface area contributed by atoms with Crippen LogP contribution in [-0.2, 0) is 16.0 Å². The van der Waals surface area contributed by atoms with Crippen molar-refractivity contribution in [3.05, 3.63) is 48.3 Å². The number of rotatable bonds is 5. The molecule has 3 rings (SSSR count). The summed E-state index contributed by atoms with van der Waals surface area (Å²) in [5, 5.41) is 15.8. The van der Waals surface area contributed by atoms with Crippen molar-refractivity contribution in [1.82, 2.24) is 15.1 Å². The first-order valence-corrected chi connectivity index (χ1v) is 6.72. The quantitative estimate of drug-likeness (QED) is 0.863. The zero-order chi connectivity index (χ0) is 14.9. The van der Waals surface area contributed by atoms with Gasteiger partial charge in [-0.05, 0) is 30.5 Å². The van der Waals surface area contributed by atoms with Gasteiger partial charge in [-0.2, -0.15) is 5.10 Å². The molecule has 6 heteroatoms. The first-order valence-electron chi connectivity index (χ1n) is 6.72. The minimum atomic E-state index is -1.04. The lowest BCUT2D eigenvalue weighted by Crippen LogP contribution is -2.43. The molecule has 0 spiro atoms. The van der Waals surface area contributed by atoms with Gasteiger partial charge in [-0.25, -0.2) is 9.48 Å². The Labute approximate surface area is 121 Å². The van der Waals surface area contributed by atoms with Gasteiger partial charge in [0.1, 0.15) is 5.54 Å². The van der Waals surface area contributed by atoms with E-state index in [2.05, 4.69) is 10.4 Å². The van der Waals surface area contributed by atoms with Crippen LogP contribution in [0.4, 0.5) is 0 Å². The zero-order valence-corrected chi connectivity index (χ0v) is 11.3. The van der Waals surface area contributed by atoms with Crippen molar-refractivity contribution in [3.8, 4) is 5.69 Å². The van der Waals surface area contributed by atoms with Crippen LogP contribution in [0.25, 0.3) is 5.69 Å². The summed E-state index contributed by atoms with van der Waals surface area (Å²) in [6.07, 6.45) is 4.51. The topological polar surface area (TPSA) is 84.2 Å². The summed E-state index contributed by atoms with van der Waals surface area (Å²) in [5.74, 6) is -1.25. The summed E-state index contributed by atoms with van der Waals surface area (Å²) in [6.45, 7) is 0. The van der Waals surface area contributed by atoms with Gasteiger partial charge in [-0.3, -0.25) is 4.79 Å². The molecular formula is C15H15N3O3. The SMILES string of the molecule is O=C(Cc1cnn(-c2ccccc2)c1)NC1(C(=O)O)CC1. The van der Waals surface area contributed by atoms with Crippen molar-refractivity contribution in [1.29, 1.82) is 0 Å². The molecule has 6 nitrogen and oxygen atoms in total. The van der Waals surface area contributed by atoms with E-state index < -0.39 is 11.5 Å². The Bertz CT molecular complexity index is 674. The second kappa shape index (κ2) is 5.05. The fourth-order valence-electron chi connectivity index (χ4n) is 2.19. The van der Waals surface area contributed by atoms with Crippen LogP contribution < -0.4 is 5.32 Å². The molecule has 0 aliphatic heterocycles. The molecule has 2 aromatic rings. The Morgan fingerprint density at radius 3 is 2.62 bits per heavy atom. The Kier molecular flexibility index (Phi) is 3.21. The number of para-hydroxylation sites is 1. The minimum absolute atomic E-state index is 0.127. The molecule has 1 amide bonds. The molecule has 0 saturated heterocycles. The van der Waals surface area contributed by atoms with E-state index in [-0.39, 0.29) is 12.3 Å². The molecule has 108 valence electrons. The van der Waals surface area contributed by atoms with Crippen LogP contribution in [-0.4, -0.2) is 32.3 Å². The maximum Gasteiger partial charge on any atom is 0.329 e. The van der Waals surface area contributed by atoms with Crippen LogP contribution in [0.2, 0.25) is 0 Å². The van der Waals surface area contributed by atoms with Crippen molar-refractivity contribution >= 4 is 11.9 Å². The third-order valence-electron chi connectivity index (χ3n) is 3.56. The Hall–Kier alpha value is -2.63. The molecule has 1 fully saturated rings. The van der Waals surface area contributed by atoms with Gasteiger partial charge in [-0.1, -0.05) is 18.2 Å². The standard InChI is InChI=1S/C15H15N3O3/c19-13(17-15(6-7-15)14(20)21)8-11-9-16-18(10-11)12-4-2-1-3-5-12/h1-5,9-10H,6-8H2,(H,17,19)(H,20,21). The predicted molar refractivity (Wildman–Crippen MR) is 75.0 cm³/mol. The lowest BCUT2D eigenvalue weighted by molar-refractivity contribution is -0.143. The number of hydrogen-bond donors (Lipinski definition) is 2. The van der Waals surface area contributed by atoms with E-state index >= 15 is 0 Å². The maximum absolute atomic E-state index is 11.9. The number of carbonyl (C=O) groups is 2. The van der Waals surface area contributed by atoms with Gasteiger partial charge < -0.3 is 10.4 Å². The number of nitrogens with one attached hydrogen (secondary N) is 1. The van der Waals surface area contributed by atoms with Crippen LogP contribution >= 0.6 is 0 Å². The first-order chi connectivity index (χ1) is 10.1. The van der Waals surface area contributed by atoms with E-state index in [4.69, 9.17) is 5.11 Å². The van der Waals surface area contributed by atoms with E-state index in [0.717, 1.165) is 11.3 Å². The minimum Gasteiger partial charge on any atom is -0.480 e. The number of nitrogens with zero attached hydrogens (tertiary/aromatic N) is 2. The molecule has 1 heterocycles. The van der Waals surface area contributed by atoms with E-state index in [1.54, 1.807) is 17.1 Å². The van der Waals surface area contributed by atoms with Crippen molar-refractivity contribution in [2.75, 3.05) is 0 Å². The molecule has 1 aliphatic rings. The summed E-state index contributed by atoms with van der Waals surface area (Å²) in [5.41, 5.74) is 0.623. The number of carboxylic acids is 1. The van der Waals surface area contributed by atoms with Crippen molar-refractivity contribution in [2.45, 2.75) is 24.8 Å². The van der Waals surface area contributed by atoms with Crippen LogP contribution in [0.5, 0.6) is 0 Å². The van der Waals surface area contributed by atoms with Crippen molar-refractivity contribution in [2.24, 2.45) is 0 Å². The highest BCUT2D eigenvalue weighted by Crippen LogP contribution is 2.35. The predicted octanol–water partition coefficient (Wildman–Crippen LogP) is 1.15. The van der Waals surface area contributed by atoms with Crippen LogP contribution in [0.3, 0.4) is 0 Å². The smallest absolute Gasteiger partial charge is 0.329 e. The lowest BCUT2D eigenvalue weighted by atomic mass is 10.2. The number of aliphatic carboxylic acids is 1.